The lowest BCUT2D eigenvalue weighted by Crippen LogP contribution is -2.85. The zero-order valence-corrected chi connectivity index (χ0v) is 19.2. The Morgan fingerprint density at radius 2 is 1.06 bits per heavy atom. The van der Waals surface area contributed by atoms with Gasteiger partial charge in [-0.2, -0.15) is 0 Å². The van der Waals surface area contributed by atoms with Gasteiger partial charge >= 0.3 is 0 Å². The van der Waals surface area contributed by atoms with Gasteiger partial charge in [0.25, 0.3) is 0 Å². The summed E-state index contributed by atoms with van der Waals surface area (Å²) in [5.74, 6) is 6.65. The van der Waals surface area contributed by atoms with Crippen molar-refractivity contribution in [3.63, 3.8) is 0 Å². The predicted octanol–water partition coefficient (Wildman–Crippen LogP) is 7.93. The van der Waals surface area contributed by atoms with E-state index >= 15 is 0 Å². The topological polar surface area (TPSA) is 0 Å². The largest absolute Gasteiger partial charge is 0.0636 e. The summed E-state index contributed by atoms with van der Waals surface area (Å²) in [7, 11) is 0. The van der Waals surface area contributed by atoms with Crippen LogP contribution in [0.1, 0.15) is 89.9 Å². The maximum absolute atomic E-state index is 2.63. The second-order valence-corrected chi connectivity index (χ2v) is 14.0. The molecule has 2 unspecified atom stereocenters. The predicted molar refractivity (Wildman–Crippen MR) is 125 cm³/mol. The fourth-order valence-corrected chi connectivity index (χ4v) is 12.6. The molecule has 0 nitrogen and oxygen atoms in total. The van der Waals surface area contributed by atoms with Crippen LogP contribution in [0, 0.1) is 51.8 Å². The van der Waals surface area contributed by atoms with Crippen LogP contribution in [0.5, 0.6) is 0 Å². The number of hydrogen-bond donors (Lipinski definition) is 0. The molecular formula is C31H38. The highest BCUT2D eigenvalue weighted by Gasteiger charge is 2.87. The maximum Gasteiger partial charge on any atom is -0.00148 e. The summed E-state index contributed by atoms with van der Waals surface area (Å²) in [4.78, 5) is 0. The molecule has 31 heavy (non-hydrogen) atoms. The van der Waals surface area contributed by atoms with Crippen molar-refractivity contribution < 1.29 is 0 Å². The first-order chi connectivity index (χ1) is 15.2. The third kappa shape index (κ3) is 1.84. The number of allylic oxidation sites excluding steroid dienone is 8. The van der Waals surface area contributed by atoms with E-state index in [0.717, 1.165) is 40.9 Å². The molecule has 8 saturated carbocycles. The van der Waals surface area contributed by atoms with Crippen LogP contribution in [-0.4, -0.2) is 0 Å². The minimum absolute atomic E-state index is 0.632. The number of rotatable bonds is 3. The fraction of sp³-hybridized carbons (Fsp3) is 0.742. The normalized spacial score (nSPS) is 57.0. The van der Waals surface area contributed by atoms with Crippen LogP contribution in [0.15, 0.2) is 46.6 Å². The molecule has 2 atom stereocenters. The zero-order valence-electron chi connectivity index (χ0n) is 19.2. The lowest BCUT2D eigenvalue weighted by molar-refractivity contribution is -0.417. The molecule has 4 bridgehead atoms. The van der Waals surface area contributed by atoms with Gasteiger partial charge in [0.15, 0.2) is 0 Å². The van der Waals surface area contributed by atoms with Gasteiger partial charge in [0.05, 0.1) is 0 Å². The molecule has 0 radical (unpaired) electrons. The van der Waals surface area contributed by atoms with Crippen LogP contribution < -0.4 is 0 Å². The fourth-order valence-electron chi connectivity index (χ4n) is 12.6. The monoisotopic (exact) mass is 410 g/mol. The Bertz CT molecular complexity index is 950. The van der Waals surface area contributed by atoms with Crippen molar-refractivity contribution >= 4 is 0 Å². The van der Waals surface area contributed by atoms with Gasteiger partial charge in [-0.1, -0.05) is 35.5 Å². The molecule has 10 aliphatic rings. The Labute approximate surface area is 188 Å². The van der Waals surface area contributed by atoms with Crippen molar-refractivity contribution in [2.45, 2.75) is 89.9 Å². The summed E-state index contributed by atoms with van der Waals surface area (Å²) in [5.41, 5.74) is 9.32. The molecule has 0 N–H and O–H groups in total. The van der Waals surface area contributed by atoms with Crippen LogP contribution in [0.4, 0.5) is 0 Å². The molecule has 1 spiro atoms. The standard InChI is InChI=1S/C31H38/c1-5-24(29-14-19-9-20(15-29)11-21(10-19)16-29)6-2-22(1)23-3-7-25(8-4-23)30-17-27-12-26-13-28(18-30)31(26,27)30/h1,3,5,7,19-21,26-28H,2,4,6,8-18H2. The highest BCUT2D eigenvalue weighted by atomic mass is 14.9. The third-order valence-corrected chi connectivity index (χ3v) is 13.2. The molecular weight excluding hydrogens is 372 g/mol. The molecule has 0 aromatic rings. The first-order valence-corrected chi connectivity index (χ1v) is 14.0. The minimum Gasteiger partial charge on any atom is -0.0636 e. The van der Waals surface area contributed by atoms with Gasteiger partial charge in [-0.15, -0.1) is 0 Å². The van der Waals surface area contributed by atoms with Gasteiger partial charge in [0, 0.05) is 0 Å². The summed E-state index contributed by atoms with van der Waals surface area (Å²) in [6, 6.07) is 0. The minimum atomic E-state index is 0.632. The summed E-state index contributed by atoms with van der Waals surface area (Å²) in [6.07, 6.45) is 31.4. The van der Waals surface area contributed by atoms with Crippen molar-refractivity contribution in [1.82, 2.24) is 0 Å². The van der Waals surface area contributed by atoms with Crippen molar-refractivity contribution in [2.24, 2.45) is 51.8 Å². The van der Waals surface area contributed by atoms with Crippen molar-refractivity contribution in [3.05, 3.63) is 46.6 Å². The summed E-state index contributed by atoms with van der Waals surface area (Å²) < 4.78 is 0. The molecule has 0 aliphatic heterocycles. The molecule has 0 amide bonds. The molecule has 0 saturated heterocycles. The van der Waals surface area contributed by atoms with Gasteiger partial charge < -0.3 is 0 Å². The second kappa shape index (κ2) is 5.37. The van der Waals surface area contributed by atoms with E-state index in [9.17, 15) is 0 Å². The molecule has 10 aliphatic carbocycles. The average molecular weight is 411 g/mol. The summed E-state index contributed by atoms with van der Waals surface area (Å²) >= 11 is 0. The summed E-state index contributed by atoms with van der Waals surface area (Å²) in [5, 5.41) is 0. The van der Waals surface area contributed by atoms with Crippen molar-refractivity contribution in [3.8, 4) is 0 Å². The Morgan fingerprint density at radius 1 is 0.516 bits per heavy atom. The average Bonchev–Trinajstić information content (AvgIpc) is 2.71. The van der Waals surface area contributed by atoms with Crippen LogP contribution in [0.25, 0.3) is 0 Å². The van der Waals surface area contributed by atoms with E-state index in [0.29, 0.717) is 10.8 Å². The van der Waals surface area contributed by atoms with Gasteiger partial charge in [-0.25, -0.2) is 0 Å². The maximum atomic E-state index is 2.63. The molecule has 162 valence electrons. The third-order valence-electron chi connectivity index (χ3n) is 13.2. The zero-order chi connectivity index (χ0) is 20.0. The molecule has 0 heterocycles. The highest BCUT2D eigenvalue weighted by Crippen LogP contribution is 2.94. The van der Waals surface area contributed by atoms with E-state index in [1.807, 2.05) is 11.1 Å². The lowest BCUT2D eigenvalue weighted by Gasteiger charge is -2.92. The Morgan fingerprint density at radius 3 is 1.52 bits per heavy atom. The molecule has 8 fully saturated rings. The van der Waals surface area contributed by atoms with Crippen LogP contribution in [0.3, 0.4) is 0 Å². The quantitative estimate of drug-likeness (QED) is 0.443. The van der Waals surface area contributed by atoms with Gasteiger partial charge in [0.2, 0.25) is 0 Å². The SMILES string of the molecule is C1=C(C2=CC=C(C34CC5CC6CC(C3)C654)CC2)CCC(C23CC4CC(CC(C4)C2)C3)=C1. The van der Waals surface area contributed by atoms with Crippen LogP contribution >= 0.6 is 0 Å². The van der Waals surface area contributed by atoms with E-state index in [-0.39, 0.29) is 0 Å². The Kier molecular flexibility index (Phi) is 3.02. The number of hydrogen-bond acceptors (Lipinski definition) is 0. The molecule has 0 heteroatoms. The lowest BCUT2D eigenvalue weighted by atomic mass is 9.12. The van der Waals surface area contributed by atoms with E-state index in [4.69, 9.17) is 0 Å². The first kappa shape index (κ1) is 17.4. The van der Waals surface area contributed by atoms with Crippen molar-refractivity contribution in [2.75, 3.05) is 0 Å². The summed E-state index contributed by atoms with van der Waals surface area (Å²) in [6.45, 7) is 0. The Balaban J connectivity index is 0.977. The van der Waals surface area contributed by atoms with Crippen LogP contribution in [-0.2, 0) is 0 Å². The molecule has 10 rings (SSSR count). The Hall–Kier alpha value is -1.04. The van der Waals surface area contributed by atoms with E-state index in [2.05, 4.69) is 24.3 Å². The van der Waals surface area contributed by atoms with Crippen molar-refractivity contribution in [1.29, 1.82) is 0 Å². The molecule has 0 aromatic carbocycles. The van der Waals surface area contributed by atoms with Gasteiger partial charge in [-0.05, 0) is 153 Å². The van der Waals surface area contributed by atoms with E-state index < -0.39 is 0 Å². The highest BCUT2D eigenvalue weighted by molar-refractivity contribution is 5.49. The second-order valence-electron chi connectivity index (χ2n) is 14.0. The van der Waals surface area contributed by atoms with E-state index in [1.54, 1.807) is 56.1 Å². The van der Waals surface area contributed by atoms with Gasteiger partial charge in [0.1, 0.15) is 0 Å². The van der Waals surface area contributed by atoms with Crippen LogP contribution in [0.2, 0.25) is 0 Å². The van der Waals surface area contributed by atoms with Gasteiger partial charge in [-0.3, -0.25) is 0 Å². The first-order valence-electron chi connectivity index (χ1n) is 14.0. The molecule has 0 aromatic heterocycles. The van der Waals surface area contributed by atoms with E-state index in [1.165, 1.54) is 44.9 Å². The smallest absolute Gasteiger partial charge is 0.00148 e.